The monoisotopic (exact) mass is 364 g/mol. The number of amides is 1. The smallest absolute Gasteiger partial charge is 0.255 e. The third-order valence-electron chi connectivity index (χ3n) is 3.54. The minimum atomic E-state index is -0.129. The van der Waals surface area contributed by atoms with E-state index < -0.39 is 0 Å². The number of hydrogen-bond acceptors (Lipinski definition) is 3. The molecule has 0 unspecified atom stereocenters. The topological polar surface area (TPSA) is 50.2 Å². The Morgan fingerprint density at radius 1 is 1.27 bits per heavy atom. The third-order valence-corrected chi connectivity index (χ3v) is 4.07. The largest absolute Gasteiger partial charge is 0.319 e. The van der Waals surface area contributed by atoms with Gasteiger partial charge in [0.25, 0.3) is 5.91 Å². The van der Waals surface area contributed by atoms with Gasteiger partial charge in [-0.15, -0.1) is 0 Å². The van der Waals surface area contributed by atoms with Crippen LogP contribution in [0.2, 0.25) is 0 Å². The van der Waals surface area contributed by atoms with Crippen molar-refractivity contribution < 1.29 is 4.79 Å². The van der Waals surface area contributed by atoms with Gasteiger partial charge in [-0.2, -0.15) is 5.10 Å². The number of aromatic nitrogens is 2. The summed E-state index contributed by atoms with van der Waals surface area (Å²) in [7, 11) is 0. The van der Waals surface area contributed by atoms with Crippen molar-refractivity contribution in [3.05, 3.63) is 46.7 Å². The number of halogens is 1. The molecule has 22 heavy (non-hydrogen) atoms. The number of likely N-dealkylation sites (N-methyl/N-ethyl adjacent to an activating group) is 1. The predicted octanol–water partition coefficient (Wildman–Crippen LogP) is 3.24. The highest BCUT2D eigenvalue weighted by molar-refractivity contribution is 9.10. The van der Waals surface area contributed by atoms with E-state index >= 15 is 0 Å². The molecule has 0 saturated carbocycles. The highest BCUT2D eigenvalue weighted by atomic mass is 79.9. The molecular weight excluding hydrogens is 344 g/mol. The van der Waals surface area contributed by atoms with E-state index in [2.05, 4.69) is 45.1 Å². The van der Waals surface area contributed by atoms with E-state index in [1.54, 1.807) is 18.3 Å². The van der Waals surface area contributed by atoms with E-state index in [1.807, 2.05) is 23.0 Å². The van der Waals surface area contributed by atoms with Crippen LogP contribution in [0.4, 0.5) is 5.69 Å². The van der Waals surface area contributed by atoms with E-state index in [1.165, 1.54) is 0 Å². The highest BCUT2D eigenvalue weighted by Crippen LogP contribution is 2.12. The zero-order valence-electron chi connectivity index (χ0n) is 12.9. The average Bonchev–Trinajstić information content (AvgIpc) is 2.96. The molecular formula is C16H21BrN4O. The van der Waals surface area contributed by atoms with Gasteiger partial charge in [-0.05, 0) is 37.4 Å². The van der Waals surface area contributed by atoms with Crippen LogP contribution in [-0.4, -0.2) is 40.2 Å². The maximum absolute atomic E-state index is 12.1. The first-order valence-electron chi connectivity index (χ1n) is 7.44. The Hall–Kier alpha value is -1.66. The van der Waals surface area contributed by atoms with Crippen LogP contribution in [0.15, 0.2) is 41.1 Å². The summed E-state index contributed by atoms with van der Waals surface area (Å²) in [5.74, 6) is -0.129. The third kappa shape index (κ3) is 4.68. The first-order valence-corrected chi connectivity index (χ1v) is 8.23. The summed E-state index contributed by atoms with van der Waals surface area (Å²) in [5, 5.41) is 7.15. The molecule has 5 nitrogen and oxygen atoms in total. The zero-order valence-corrected chi connectivity index (χ0v) is 14.5. The van der Waals surface area contributed by atoms with Gasteiger partial charge in [-0.25, -0.2) is 0 Å². The molecule has 6 heteroatoms. The number of carbonyl (C=O) groups excluding carboxylic acids is 1. The lowest BCUT2D eigenvalue weighted by atomic mass is 10.2. The molecule has 1 amide bonds. The summed E-state index contributed by atoms with van der Waals surface area (Å²) in [5.41, 5.74) is 1.34. The van der Waals surface area contributed by atoms with Crippen molar-refractivity contribution >= 4 is 27.5 Å². The Kier molecular flexibility index (Phi) is 6.15. The lowest BCUT2D eigenvalue weighted by Gasteiger charge is -2.17. The summed E-state index contributed by atoms with van der Waals surface area (Å²) in [4.78, 5) is 14.5. The minimum Gasteiger partial charge on any atom is -0.319 e. The Morgan fingerprint density at radius 3 is 2.59 bits per heavy atom. The lowest BCUT2D eigenvalue weighted by molar-refractivity contribution is 0.102. The van der Waals surface area contributed by atoms with E-state index in [0.29, 0.717) is 11.3 Å². The molecule has 118 valence electrons. The molecule has 2 aromatic rings. The maximum Gasteiger partial charge on any atom is 0.255 e. The fourth-order valence-electron chi connectivity index (χ4n) is 2.14. The van der Waals surface area contributed by atoms with Crippen LogP contribution in [-0.2, 0) is 6.54 Å². The van der Waals surface area contributed by atoms with Crippen molar-refractivity contribution in [1.82, 2.24) is 14.7 Å². The summed E-state index contributed by atoms with van der Waals surface area (Å²) in [6.07, 6.45) is 3.54. The van der Waals surface area contributed by atoms with Gasteiger partial charge in [-0.3, -0.25) is 9.48 Å². The van der Waals surface area contributed by atoms with Crippen LogP contribution in [0.1, 0.15) is 24.2 Å². The molecule has 0 radical (unpaired) electrons. The maximum atomic E-state index is 12.1. The average molecular weight is 365 g/mol. The Labute approximate surface area is 139 Å². The van der Waals surface area contributed by atoms with Crippen LogP contribution in [0.5, 0.6) is 0 Å². The molecule has 1 heterocycles. The molecule has 0 aliphatic rings. The minimum absolute atomic E-state index is 0.129. The second kappa shape index (κ2) is 8.10. The second-order valence-corrected chi connectivity index (χ2v) is 5.90. The SMILES string of the molecule is CCN(CC)CCn1cc(NC(=O)c2ccc(Br)cc2)cn1. The number of carbonyl (C=O) groups is 1. The molecule has 1 aromatic heterocycles. The van der Waals surface area contributed by atoms with E-state index in [0.717, 1.165) is 30.7 Å². The summed E-state index contributed by atoms with van der Waals surface area (Å²) in [6, 6.07) is 7.26. The van der Waals surface area contributed by atoms with Crippen LogP contribution in [0.25, 0.3) is 0 Å². The molecule has 0 atom stereocenters. The quantitative estimate of drug-likeness (QED) is 0.820. The van der Waals surface area contributed by atoms with Crippen molar-refractivity contribution in [3.8, 4) is 0 Å². The van der Waals surface area contributed by atoms with E-state index in [4.69, 9.17) is 0 Å². The van der Waals surface area contributed by atoms with Crippen LogP contribution in [0.3, 0.4) is 0 Å². The van der Waals surface area contributed by atoms with E-state index in [9.17, 15) is 4.79 Å². The standard InChI is InChI=1S/C16H21BrN4O/c1-3-20(4-2)9-10-21-12-15(11-18-21)19-16(22)13-5-7-14(17)8-6-13/h5-8,11-12H,3-4,9-10H2,1-2H3,(H,19,22). The Bertz CT molecular complexity index is 605. The molecule has 1 N–H and O–H groups in total. The number of benzene rings is 1. The van der Waals surface area contributed by atoms with Gasteiger partial charge in [0, 0.05) is 22.8 Å². The molecule has 0 fully saturated rings. The Morgan fingerprint density at radius 2 is 1.95 bits per heavy atom. The van der Waals surface area contributed by atoms with Gasteiger partial charge < -0.3 is 10.2 Å². The van der Waals surface area contributed by atoms with E-state index in [-0.39, 0.29) is 5.91 Å². The summed E-state index contributed by atoms with van der Waals surface area (Å²) < 4.78 is 2.81. The molecule has 1 aromatic carbocycles. The molecule has 0 bridgehead atoms. The van der Waals surface area contributed by atoms with Gasteiger partial charge in [0.05, 0.1) is 18.4 Å². The van der Waals surface area contributed by atoms with Gasteiger partial charge >= 0.3 is 0 Å². The van der Waals surface area contributed by atoms with Crippen LogP contribution < -0.4 is 5.32 Å². The predicted molar refractivity (Wildman–Crippen MR) is 92.1 cm³/mol. The molecule has 0 aliphatic carbocycles. The number of rotatable bonds is 7. The van der Waals surface area contributed by atoms with Crippen LogP contribution >= 0.6 is 15.9 Å². The van der Waals surface area contributed by atoms with Crippen molar-refractivity contribution in [3.63, 3.8) is 0 Å². The van der Waals surface area contributed by atoms with Gasteiger partial charge in [0.1, 0.15) is 0 Å². The van der Waals surface area contributed by atoms with Crippen molar-refractivity contribution in [2.75, 3.05) is 25.0 Å². The van der Waals surface area contributed by atoms with Gasteiger partial charge in [0.15, 0.2) is 0 Å². The fraction of sp³-hybridized carbons (Fsp3) is 0.375. The lowest BCUT2D eigenvalue weighted by Crippen LogP contribution is -2.27. The first-order chi connectivity index (χ1) is 10.6. The summed E-state index contributed by atoms with van der Waals surface area (Å²) >= 11 is 3.36. The zero-order chi connectivity index (χ0) is 15.9. The fourth-order valence-corrected chi connectivity index (χ4v) is 2.40. The number of nitrogens with zero attached hydrogens (tertiary/aromatic N) is 3. The number of nitrogens with one attached hydrogen (secondary N) is 1. The highest BCUT2D eigenvalue weighted by Gasteiger charge is 2.08. The van der Waals surface area contributed by atoms with Crippen molar-refractivity contribution in [2.24, 2.45) is 0 Å². The van der Waals surface area contributed by atoms with Crippen molar-refractivity contribution in [2.45, 2.75) is 20.4 Å². The molecule has 0 saturated heterocycles. The number of anilines is 1. The van der Waals surface area contributed by atoms with Gasteiger partial charge in [0.2, 0.25) is 0 Å². The first kappa shape index (κ1) is 16.7. The normalized spacial score (nSPS) is 10.9. The van der Waals surface area contributed by atoms with Crippen molar-refractivity contribution in [1.29, 1.82) is 0 Å². The number of hydrogen-bond donors (Lipinski definition) is 1. The van der Waals surface area contributed by atoms with Gasteiger partial charge in [-0.1, -0.05) is 29.8 Å². The molecule has 0 spiro atoms. The Balaban J connectivity index is 1.91. The van der Waals surface area contributed by atoms with Crippen LogP contribution in [0, 0.1) is 0 Å². The molecule has 0 aliphatic heterocycles. The second-order valence-electron chi connectivity index (χ2n) is 4.98. The molecule has 2 rings (SSSR count). The summed E-state index contributed by atoms with van der Waals surface area (Å²) in [6.45, 7) is 8.13.